The molecule has 0 aliphatic heterocycles. The topological polar surface area (TPSA) is 66.4 Å². The first kappa shape index (κ1) is 15.1. The maximum Gasteiger partial charge on any atom is 0.329 e. The number of carbonyl (C=O) groups is 2. The molecule has 1 aromatic carbocycles. The Morgan fingerprint density at radius 2 is 1.91 bits per heavy atom. The summed E-state index contributed by atoms with van der Waals surface area (Å²) in [5.74, 6) is -0.786. The van der Waals surface area contributed by atoms with E-state index in [0.717, 1.165) is 32.1 Å². The number of carboxylic acid groups (broad SMARTS) is 1. The Morgan fingerprint density at radius 1 is 1.18 bits per heavy atom. The maximum absolute atomic E-state index is 12.4. The molecule has 3 rings (SSSR count). The molecule has 0 aromatic heterocycles. The summed E-state index contributed by atoms with van der Waals surface area (Å²) in [4.78, 5) is 23.9. The fourth-order valence-corrected chi connectivity index (χ4v) is 3.98. The third-order valence-corrected chi connectivity index (χ3v) is 5.17. The molecule has 1 unspecified atom stereocenters. The van der Waals surface area contributed by atoms with Crippen LogP contribution in [0.2, 0.25) is 0 Å². The standard InChI is InChI=1S/C18H23NO3/c20-16(19-18(17(21)22)10-3-4-11-18)12-14-8-5-7-13-6-1-2-9-15(13)14/h1-2,6,9,14H,3-5,7-8,10-12H2,(H,19,20)(H,21,22). The van der Waals surface area contributed by atoms with Gasteiger partial charge in [-0.25, -0.2) is 4.79 Å². The number of hydrogen-bond acceptors (Lipinski definition) is 2. The van der Waals surface area contributed by atoms with Gasteiger partial charge >= 0.3 is 5.97 Å². The van der Waals surface area contributed by atoms with Crippen LogP contribution in [0, 0.1) is 0 Å². The maximum atomic E-state index is 12.4. The molecular weight excluding hydrogens is 278 g/mol. The quantitative estimate of drug-likeness (QED) is 0.898. The number of benzene rings is 1. The smallest absolute Gasteiger partial charge is 0.329 e. The average molecular weight is 301 g/mol. The second-order valence-corrected chi connectivity index (χ2v) is 6.63. The lowest BCUT2D eigenvalue weighted by Crippen LogP contribution is -2.52. The van der Waals surface area contributed by atoms with Gasteiger partial charge < -0.3 is 10.4 Å². The predicted octanol–water partition coefficient (Wildman–Crippen LogP) is 3.01. The first-order chi connectivity index (χ1) is 10.6. The average Bonchev–Trinajstić information content (AvgIpc) is 2.97. The van der Waals surface area contributed by atoms with Crippen LogP contribution in [-0.2, 0) is 16.0 Å². The molecule has 2 aliphatic rings. The molecule has 0 spiro atoms. The van der Waals surface area contributed by atoms with Crippen LogP contribution in [0.4, 0.5) is 0 Å². The van der Waals surface area contributed by atoms with Gasteiger partial charge in [0.15, 0.2) is 0 Å². The van der Waals surface area contributed by atoms with Gasteiger partial charge in [0.25, 0.3) is 0 Å². The molecule has 4 nitrogen and oxygen atoms in total. The van der Waals surface area contributed by atoms with Gasteiger partial charge in [0, 0.05) is 6.42 Å². The molecule has 118 valence electrons. The van der Waals surface area contributed by atoms with E-state index in [1.807, 2.05) is 12.1 Å². The molecule has 4 heteroatoms. The van der Waals surface area contributed by atoms with Crippen LogP contribution in [0.15, 0.2) is 24.3 Å². The van der Waals surface area contributed by atoms with Gasteiger partial charge in [-0.3, -0.25) is 4.79 Å². The molecule has 1 aromatic rings. The Hall–Kier alpha value is -1.84. The molecule has 0 saturated heterocycles. The Kier molecular flexibility index (Phi) is 4.19. The van der Waals surface area contributed by atoms with E-state index in [1.165, 1.54) is 11.1 Å². The van der Waals surface area contributed by atoms with Gasteiger partial charge in [0.2, 0.25) is 5.91 Å². The minimum atomic E-state index is -1.02. The first-order valence-electron chi connectivity index (χ1n) is 8.23. The number of fused-ring (bicyclic) bond motifs is 1. The van der Waals surface area contributed by atoms with Gasteiger partial charge in [-0.1, -0.05) is 37.1 Å². The lowest BCUT2D eigenvalue weighted by atomic mass is 9.81. The van der Waals surface area contributed by atoms with Crippen LogP contribution in [0.3, 0.4) is 0 Å². The van der Waals surface area contributed by atoms with Gasteiger partial charge in [0.1, 0.15) is 5.54 Å². The normalized spacial score (nSPS) is 22.8. The van der Waals surface area contributed by atoms with Crippen molar-refractivity contribution < 1.29 is 14.7 Å². The van der Waals surface area contributed by atoms with Gasteiger partial charge in [-0.2, -0.15) is 0 Å². The summed E-state index contributed by atoms with van der Waals surface area (Å²) in [6.45, 7) is 0. The van der Waals surface area contributed by atoms with Crippen molar-refractivity contribution in [3.63, 3.8) is 0 Å². The van der Waals surface area contributed by atoms with Crippen LogP contribution in [-0.4, -0.2) is 22.5 Å². The number of carbonyl (C=O) groups excluding carboxylic acids is 1. The van der Waals surface area contributed by atoms with Crippen LogP contribution < -0.4 is 5.32 Å². The van der Waals surface area contributed by atoms with Crippen molar-refractivity contribution in [1.29, 1.82) is 0 Å². The van der Waals surface area contributed by atoms with Crippen molar-refractivity contribution in [2.45, 2.75) is 62.8 Å². The SMILES string of the molecule is O=C(CC1CCCc2ccccc21)NC1(C(=O)O)CCCC1. The molecule has 1 amide bonds. The van der Waals surface area contributed by atoms with E-state index in [4.69, 9.17) is 0 Å². The Balaban J connectivity index is 1.69. The number of aryl methyl sites for hydroxylation is 1. The molecule has 22 heavy (non-hydrogen) atoms. The summed E-state index contributed by atoms with van der Waals surface area (Å²) >= 11 is 0. The summed E-state index contributed by atoms with van der Waals surface area (Å²) in [6.07, 6.45) is 6.42. The molecule has 0 radical (unpaired) electrons. The highest BCUT2D eigenvalue weighted by molar-refractivity contribution is 5.87. The van der Waals surface area contributed by atoms with Crippen molar-refractivity contribution >= 4 is 11.9 Å². The Morgan fingerprint density at radius 3 is 2.64 bits per heavy atom. The van der Waals surface area contributed by atoms with Crippen molar-refractivity contribution in [3.8, 4) is 0 Å². The Bertz CT molecular complexity index is 575. The predicted molar refractivity (Wildman–Crippen MR) is 83.7 cm³/mol. The summed E-state index contributed by atoms with van der Waals surface area (Å²) in [5.41, 5.74) is 1.57. The van der Waals surface area contributed by atoms with E-state index < -0.39 is 11.5 Å². The van der Waals surface area contributed by atoms with Crippen molar-refractivity contribution in [3.05, 3.63) is 35.4 Å². The summed E-state index contributed by atoms with van der Waals surface area (Å²) in [7, 11) is 0. The minimum absolute atomic E-state index is 0.119. The monoisotopic (exact) mass is 301 g/mol. The second-order valence-electron chi connectivity index (χ2n) is 6.63. The van der Waals surface area contributed by atoms with E-state index >= 15 is 0 Å². The summed E-state index contributed by atoms with van der Waals surface area (Å²) in [5, 5.41) is 12.3. The highest BCUT2D eigenvalue weighted by Gasteiger charge is 2.42. The van der Waals surface area contributed by atoms with E-state index in [2.05, 4.69) is 17.4 Å². The summed E-state index contributed by atoms with van der Waals surface area (Å²) < 4.78 is 0. The van der Waals surface area contributed by atoms with Crippen LogP contribution in [0.25, 0.3) is 0 Å². The number of hydrogen-bond donors (Lipinski definition) is 2. The lowest BCUT2D eigenvalue weighted by Gasteiger charge is -2.29. The highest BCUT2D eigenvalue weighted by Crippen LogP contribution is 2.35. The highest BCUT2D eigenvalue weighted by atomic mass is 16.4. The molecule has 2 aliphatic carbocycles. The Labute approximate surface area is 130 Å². The molecular formula is C18H23NO3. The first-order valence-corrected chi connectivity index (χ1v) is 8.23. The third-order valence-electron chi connectivity index (χ3n) is 5.17. The number of nitrogens with one attached hydrogen (secondary N) is 1. The van der Waals surface area contributed by atoms with Gasteiger partial charge in [-0.15, -0.1) is 0 Å². The zero-order valence-corrected chi connectivity index (χ0v) is 12.8. The second kappa shape index (κ2) is 6.11. The molecule has 1 atom stereocenters. The molecule has 1 saturated carbocycles. The molecule has 1 fully saturated rings. The van der Waals surface area contributed by atoms with Crippen LogP contribution in [0.1, 0.15) is 62.0 Å². The van der Waals surface area contributed by atoms with Crippen molar-refractivity contribution in [1.82, 2.24) is 5.32 Å². The van der Waals surface area contributed by atoms with Gasteiger partial charge in [0.05, 0.1) is 0 Å². The van der Waals surface area contributed by atoms with Crippen molar-refractivity contribution in [2.24, 2.45) is 0 Å². The zero-order valence-electron chi connectivity index (χ0n) is 12.8. The molecule has 0 bridgehead atoms. The number of amides is 1. The van der Waals surface area contributed by atoms with E-state index in [9.17, 15) is 14.7 Å². The number of aliphatic carboxylic acids is 1. The van der Waals surface area contributed by atoms with Crippen LogP contribution in [0.5, 0.6) is 0 Å². The van der Waals surface area contributed by atoms with E-state index in [0.29, 0.717) is 19.3 Å². The van der Waals surface area contributed by atoms with Crippen molar-refractivity contribution in [2.75, 3.05) is 0 Å². The molecule has 2 N–H and O–H groups in total. The molecule has 0 heterocycles. The third kappa shape index (κ3) is 2.87. The minimum Gasteiger partial charge on any atom is -0.480 e. The fraction of sp³-hybridized carbons (Fsp3) is 0.556. The van der Waals surface area contributed by atoms with Gasteiger partial charge in [-0.05, 0) is 49.1 Å². The number of rotatable bonds is 4. The zero-order chi connectivity index (χ0) is 15.6. The largest absolute Gasteiger partial charge is 0.480 e. The lowest BCUT2D eigenvalue weighted by molar-refractivity contribution is -0.147. The van der Waals surface area contributed by atoms with Crippen LogP contribution >= 0.6 is 0 Å². The van der Waals surface area contributed by atoms with E-state index in [-0.39, 0.29) is 11.8 Å². The number of carboxylic acids is 1. The summed E-state index contributed by atoms with van der Waals surface area (Å²) in [6, 6.07) is 8.30. The van der Waals surface area contributed by atoms with E-state index in [1.54, 1.807) is 0 Å². The fourth-order valence-electron chi connectivity index (χ4n) is 3.98.